The molecule has 0 unspecified atom stereocenters. The fourth-order valence-electron chi connectivity index (χ4n) is 3.77. The number of methoxy groups -OCH3 is 1. The van der Waals surface area contributed by atoms with E-state index in [0.717, 1.165) is 24.3 Å². The summed E-state index contributed by atoms with van der Waals surface area (Å²) in [5, 5.41) is 7.53. The minimum absolute atomic E-state index is 0.116. The van der Waals surface area contributed by atoms with Crippen molar-refractivity contribution in [2.45, 2.75) is 18.9 Å². The molecule has 1 aliphatic heterocycles. The lowest BCUT2D eigenvalue weighted by Crippen LogP contribution is -2.44. The Labute approximate surface area is 159 Å². The molecule has 4 nitrogen and oxygen atoms in total. The lowest BCUT2D eigenvalue weighted by Gasteiger charge is -2.36. The molecule has 134 valence electrons. The van der Waals surface area contributed by atoms with Crippen molar-refractivity contribution in [2.24, 2.45) is 0 Å². The predicted molar refractivity (Wildman–Crippen MR) is 111 cm³/mol. The van der Waals surface area contributed by atoms with E-state index >= 15 is 0 Å². The van der Waals surface area contributed by atoms with Crippen molar-refractivity contribution in [1.29, 1.82) is 0 Å². The van der Waals surface area contributed by atoms with Gasteiger partial charge in [-0.25, -0.2) is 0 Å². The van der Waals surface area contributed by atoms with Gasteiger partial charge in [-0.15, -0.1) is 0 Å². The number of nitrogens with zero attached hydrogens (tertiary/aromatic N) is 1. The highest BCUT2D eigenvalue weighted by atomic mass is 32.1. The molecule has 0 spiro atoms. The molecule has 0 amide bonds. The Kier molecular flexibility index (Phi) is 4.32. The van der Waals surface area contributed by atoms with Gasteiger partial charge < -0.3 is 20.3 Å². The van der Waals surface area contributed by atoms with Crippen molar-refractivity contribution in [2.75, 3.05) is 26.1 Å². The van der Waals surface area contributed by atoms with Crippen molar-refractivity contribution in [1.82, 2.24) is 10.6 Å². The molecule has 1 atom stereocenters. The second kappa shape index (κ2) is 6.65. The lowest BCUT2D eigenvalue weighted by molar-refractivity contribution is 0.414. The van der Waals surface area contributed by atoms with Gasteiger partial charge in [0.2, 0.25) is 0 Å². The van der Waals surface area contributed by atoms with Crippen LogP contribution in [0.3, 0.4) is 0 Å². The van der Waals surface area contributed by atoms with Gasteiger partial charge in [0, 0.05) is 31.0 Å². The maximum Gasteiger partial charge on any atom is 0.171 e. The summed E-state index contributed by atoms with van der Waals surface area (Å²) in [6.45, 7) is 0. The first-order valence-corrected chi connectivity index (χ1v) is 9.23. The van der Waals surface area contributed by atoms with E-state index in [0.29, 0.717) is 5.11 Å². The van der Waals surface area contributed by atoms with E-state index in [1.54, 1.807) is 7.11 Å². The zero-order valence-corrected chi connectivity index (χ0v) is 16.1. The number of thiocarbonyl (C=S) groups is 1. The summed E-state index contributed by atoms with van der Waals surface area (Å²) in [6, 6.07) is 15.1. The van der Waals surface area contributed by atoms with Gasteiger partial charge in [-0.05, 0) is 72.1 Å². The number of rotatable bonds is 3. The standard InChI is InChI=1S/C21H23N3OS/c1-24(2)15-7-4-13(5-8-15)19-18-10-6-14-12-16(25-3)9-11-17(14)20(18)23-21(26)22-19/h4-5,7-9,11-12,19H,6,10H2,1-3H3,(H2,22,23,26)/t19-/m1/s1. The number of aryl methyl sites for hydroxylation is 1. The second-order valence-corrected chi connectivity index (χ2v) is 7.35. The fourth-order valence-corrected chi connectivity index (χ4v) is 3.99. The van der Waals surface area contributed by atoms with Crippen LogP contribution in [-0.4, -0.2) is 26.3 Å². The van der Waals surface area contributed by atoms with Crippen molar-refractivity contribution in [3.05, 3.63) is 64.7 Å². The Morgan fingerprint density at radius 1 is 1.08 bits per heavy atom. The van der Waals surface area contributed by atoms with Gasteiger partial charge in [-0.2, -0.15) is 0 Å². The van der Waals surface area contributed by atoms with Crippen LogP contribution < -0.4 is 20.3 Å². The molecular formula is C21H23N3OS. The summed E-state index contributed by atoms with van der Waals surface area (Å²) < 4.78 is 5.38. The topological polar surface area (TPSA) is 36.5 Å². The summed E-state index contributed by atoms with van der Waals surface area (Å²) in [6.07, 6.45) is 2.01. The molecule has 0 fully saturated rings. The summed E-state index contributed by atoms with van der Waals surface area (Å²) >= 11 is 5.51. The number of fused-ring (bicyclic) bond motifs is 2. The molecule has 4 rings (SSSR count). The van der Waals surface area contributed by atoms with Crippen LogP contribution in [0.4, 0.5) is 5.69 Å². The summed E-state index contributed by atoms with van der Waals surface area (Å²) in [5.41, 5.74) is 7.49. The molecule has 0 saturated carbocycles. The number of hydrogen-bond donors (Lipinski definition) is 2. The Morgan fingerprint density at radius 2 is 1.85 bits per heavy atom. The Hall–Kier alpha value is -2.53. The van der Waals surface area contributed by atoms with Crippen LogP contribution in [0.1, 0.15) is 29.2 Å². The van der Waals surface area contributed by atoms with Gasteiger partial charge in [0.25, 0.3) is 0 Å². The Morgan fingerprint density at radius 3 is 2.54 bits per heavy atom. The highest BCUT2D eigenvalue weighted by Crippen LogP contribution is 2.39. The summed E-state index contributed by atoms with van der Waals surface area (Å²) in [7, 11) is 5.82. The van der Waals surface area contributed by atoms with Gasteiger partial charge in [0.05, 0.1) is 13.2 Å². The number of nitrogens with one attached hydrogen (secondary N) is 2. The van der Waals surface area contributed by atoms with Gasteiger partial charge in [0.1, 0.15) is 5.75 Å². The number of ether oxygens (including phenoxy) is 1. The number of benzene rings is 2. The average molecular weight is 366 g/mol. The minimum Gasteiger partial charge on any atom is -0.497 e. The Balaban J connectivity index is 1.76. The molecule has 5 heteroatoms. The molecule has 2 aliphatic rings. The van der Waals surface area contributed by atoms with Crippen molar-refractivity contribution >= 4 is 28.7 Å². The van der Waals surface area contributed by atoms with E-state index < -0.39 is 0 Å². The average Bonchev–Trinajstić information content (AvgIpc) is 2.66. The molecule has 2 aromatic carbocycles. The number of hydrogen-bond acceptors (Lipinski definition) is 3. The first-order valence-electron chi connectivity index (χ1n) is 8.82. The monoisotopic (exact) mass is 365 g/mol. The maximum atomic E-state index is 5.51. The molecule has 1 aliphatic carbocycles. The molecular weight excluding hydrogens is 342 g/mol. The van der Waals surface area contributed by atoms with Crippen molar-refractivity contribution in [3.8, 4) is 5.75 Å². The minimum atomic E-state index is 0.116. The second-order valence-electron chi connectivity index (χ2n) is 6.94. The molecule has 0 radical (unpaired) electrons. The normalized spacial score (nSPS) is 18.4. The van der Waals surface area contributed by atoms with Crippen LogP contribution in [0, 0.1) is 0 Å². The third kappa shape index (κ3) is 2.92. The number of anilines is 1. The predicted octanol–water partition coefficient (Wildman–Crippen LogP) is 3.64. The van der Waals surface area contributed by atoms with Crippen LogP contribution in [0.2, 0.25) is 0 Å². The smallest absolute Gasteiger partial charge is 0.171 e. The highest BCUT2D eigenvalue weighted by molar-refractivity contribution is 7.80. The fraction of sp³-hybridized carbons (Fsp3) is 0.286. The molecule has 0 saturated heterocycles. The third-order valence-electron chi connectivity index (χ3n) is 5.17. The first kappa shape index (κ1) is 16.9. The van der Waals surface area contributed by atoms with Gasteiger partial charge in [-0.3, -0.25) is 0 Å². The highest BCUT2D eigenvalue weighted by Gasteiger charge is 2.30. The summed E-state index contributed by atoms with van der Waals surface area (Å²) in [4.78, 5) is 2.11. The zero-order valence-electron chi connectivity index (χ0n) is 15.3. The maximum absolute atomic E-state index is 5.51. The Bertz CT molecular complexity index is 887. The van der Waals surface area contributed by atoms with Crippen molar-refractivity contribution < 1.29 is 4.74 Å². The van der Waals surface area contributed by atoms with E-state index in [1.165, 1.54) is 28.0 Å². The zero-order chi connectivity index (χ0) is 18.3. The molecule has 26 heavy (non-hydrogen) atoms. The quantitative estimate of drug-likeness (QED) is 0.812. The van der Waals surface area contributed by atoms with Gasteiger partial charge in [0.15, 0.2) is 5.11 Å². The van der Waals surface area contributed by atoms with Crippen molar-refractivity contribution in [3.63, 3.8) is 0 Å². The first-order chi connectivity index (χ1) is 12.6. The van der Waals surface area contributed by atoms with Crippen LogP contribution in [0.25, 0.3) is 5.70 Å². The van der Waals surface area contributed by atoms with E-state index in [1.807, 2.05) is 6.07 Å². The largest absolute Gasteiger partial charge is 0.497 e. The molecule has 2 N–H and O–H groups in total. The van der Waals surface area contributed by atoms with Gasteiger partial charge >= 0.3 is 0 Å². The van der Waals surface area contributed by atoms with E-state index in [4.69, 9.17) is 17.0 Å². The van der Waals surface area contributed by atoms with E-state index in [-0.39, 0.29) is 6.04 Å². The third-order valence-corrected chi connectivity index (χ3v) is 5.39. The molecule has 2 aromatic rings. The van der Waals surface area contributed by atoms with Crippen LogP contribution in [-0.2, 0) is 6.42 Å². The molecule has 0 aromatic heterocycles. The van der Waals surface area contributed by atoms with Crippen LogP contribution in [0.15, 0.2) is 48.0 Å². The van der Waals surface area contributed by atoms with E-state index in [9.17, 15) is 0 Å². The molecule has 0 bridgehead atoms. The summed E-state index contributed by atoms with van der Waals surface area (Å²) in [5.74, 6) is 0.903. The van der Waals surface area contributed by atoms with Gasteiger partial charge in [-0.1, -0.05) is 12.1 Å². The lowest BCUT2D eigenvalue weighted by atomic mass is 9.82. The molecule has 1 heterocycles. The van der Waals surface area contributed by atoms with Crippen LogP contribution >= 0.6 is 12.2 Å². The van der Waals surface area contributed by atoms with E-state index in [2.05, 4.69) is 66.0 Å². The van der Waals surface area contributed by atoms with Crippen LogP contribution in [0.5, 0.6) is 5.75 Å². The SMILES string of the molecule is COc1ccc2c(c1)CCC1=C2NC(=S)N[C@@H]1c1ccc(N(C)C)cc1.